The van der Waals surface area contributed by atoms with Crippen LogP contribution in [0.1, 0.15) is 0 Å². The van der Waals surface area contributed by atoms with Gasteiger partial charge < -0.3 is 10.6 Å². The maximum absolute atomic E-state index is 13.7. The molecule has 3 aromatic rings. The fourth-order valence-corrected chi connectivity index (χ4v) is 2.38. The summed E-state index contributed by atoms with van der Waals surface area (Å²) < 4.78 is 27.3. The van der Waals surface area contributed by atoms with E-state index in [4.69, 9.17) is 23.2 Å². The second-order valence-corrected chi connectivity index (χ2v) is 5.42. The Morgan fingerprint density at radius 3 is 2.12 bits per heavy atom. The number of nitrogens with one attached hydrogen (secondary N) is 2. The molecule has 0 aliphatic heterocycles. The zero-order valence-corrected chi connectivity index (χ0v) is 13.4. The van der Waals surface area contributed by atoms with Crippen LogP contribution in [0.15, 0.2) is 42.6 Å². The Kier molecular flexibility index (Phi) is 4.73. The highest BCUT2D eigenvalue weighted by molar-refractivity contribution is 6.39. The topological polar surface area (TPSA) is 62.7 Å². The van der Waals surface area contributed by atoms with Crippen LogP contribution in [0.2, 0.25) is 10.0 Å². The number of benzene rings is 2. The molecule has 5 nitrogen and oxygen atoms in total. The van der Waals surface area contributed by atoms with Crippen molar-refractivity contribution in [3.05, 3.63) is 64.3 Å². The van der Waals surface area contributed by atoms with Crippen LogP contribution in [-0.2, 0) is 0 Å². The second-order valence-electron chi connectivity index (χ2n) is 4.61. The number of aromatic nitrogens is 3. The maximum Gasteiger partial charge on any atom is 0.249 e. The summed E-state index contributed by atoms with van der Waals surface area (Å²) in [4.78, 5) is 4.08. The van der Waals surface area contributed by atoms with E-state index in [0.29, 0.717) is 15.7 Å². The van der Waals surface area contributed by atoms with E-state index >= 15 is 0 Å². The summed E-state index contributed by atoms with van der Waals surface area (Å²) in [6.07, 6.45) is 1.32. The quantitative estimate of drug-likeness (QED) is 0.683. The number of halogens is 4. The number of para-hydroxylation sites is 2. The Hall–Kier alpha value is -2.51. The smallest absolute Gasteiger partial charge is 0.249 e. The van der Waals surface area contributed by atoms with Gasteiger partial charge in [-0.1, -0.05) is 35.3 Å². The SMILES string of the molecule is Fc1cccc(F)c1Nc1nncc(Nc2c(Cl)cccc2Cl)n1. The van der Waals surface area contributed by atoms with Crippen LogP contribution >= 0.6 is 23.2 Å². The number of hydrogen-bond acceptors (Lipinski definition) is 5. The molecule has 0 fully saturated rings. The van der Waals surface area contributed by atoms with Crippen LogP contribution in [0.25, 0.3) is 0 Å². The third-order valence-corrected chi connectivity index (χ3v) is 3.60. The Bertz CT molecular complexity index is 782. The Labute approximate surface area is 145 Å². The summed E-state index contributed by atoms with van der Waals surface area (Å²) in [5.74, 6) is -1.39. The molecule has 2 aromatic carbocycles. The predicted molar refractivity (Wildman–Crippen MR) is 89.2 cm³/mol. The van der Waals surface area contributed by atoms with Gasteiger partial charge in [0.2, 0.25) is 5.95 Å². The van der Waals surface area contributed by atoms with Gasteiger partial charge in [0.15, 0.2) is 5.82 Å². The molecular weight excluding hydrogens is 359 g/mol. The van der Waals surface area contributed by atoms with Gasteiger partial charge in [0.05, 0.1) is 21.9 Å². The minimum atomic E-state index is -0.772. The monoisotopic (exact) mass is 367 g/mol. The van der Waals surface area contributed by atoms with Crippen molar-refractivity contribution in [2.75, 3.05) is 10.6 Å². The van der Waals surface area contributed by atoms with E-state index in [1.807, 2.05) is 0 Å². The van der Waals surface area contributed by atoms with Crippen molar-refractivity contribution < 1.29 is 8.78 Å². The molecule has 0 bridgehead atoms. The molecule has 1 heterocycles. The molecule has 0 aliphatic carbocycles. The molecule has 0 unspecified atom stereocenters. The summed E-state index contributed by atoms with van der Waals surface area (Å²) in [6.45, 7) is 0. The minimum Gasteiger partial charge on any atom is -0.336 e. The average molecular weight is 368 g/mol. The van der Waals surface area contributed by atoms with Gasteiger partial charge in [-0.25, -0.2) is 8.78 Å². The molecule has 0 amide bonds. The number of hydrogen-bond donors (Lipinski definition) is 2. The largest absolute Gasteiger partial charge is 0.336 e. The van der Waals surface area contributed by atoms with Gasteiger partial charge in [0.1, 0.15) is 17.3 Å². The molecule has 0 radical (unpaired) electrons. The van der Waals surface area contributed by atoms with Gasteiger partial charge >= 0.3 is 0 Å². The zero-order valence-electron chi connectivity index (χ0n) is 11.9. The second kappa shape index (κ2) is 6.94. The third-order valence-electron chi connectivity index (χ3n) is 2.97. The molecule has 0 aliphatic rings. The van der Waals surface area contributed by atoms with E-state index in [1.165, 1.54) is 12.3 Å². The summed E-state index contributed by atoms with van der Waals surface area (Å²) in [5, 5.41) is 13.5. The van der Waals surface area contributed by atoms with Gasteiger partial charge in [-0.05, 0) is 24.3 Å². The first-order valence-electron chi connectivity index (χ1n) is 6.66. The molecule has 0 saturated carbocycles. The predicted octanol–water partition coefficient (Wildman–Crippen LogP) is 4.94. The lowest BCUT2D eigenvalue weighted by atomic mass is 10.3. The van der Waals surface area contributed by atoms with Gasteiger partial charge in [0, 0.05) is 0 Å². The molecule has 2 N–H and O–H groups in total. The van der Waals surface area contributed by atoms with Crippen LogP contribution in [0.3, 0.4) is 0 Å². The van der Waals surface area contributed by atoms with Gasteiger partial charge in [-0.3, -0.25) is 0 Å². The van der Waals surface area contributed by atoms with Crippen molar-refractivity contribution in [3.63, 3.8) is 0 Å². The highest BCUT2D eigenvalue weighted by atomic mass is 35.5. The van der Waals surface area contributed by atoms with Crippen LogP contribution < -0.4 is 10.6 Å². The van der Waals surface area contributed by atoms with Crippen LogP contribution in [0.4, 0.5) is 31.9 Å². The molecule has 24 heavy (non-hydrogen) atoms. The molecule has 0 spiro atoms. The highest BCUT2D eigenvalue weighted by Gasteiger charge is 2.12. The zero-order chi connectivity index (χ0) is 17.1. The van der Waals surface area contributed by atoms with Crippen molar-refractivity contribution >= 4 is 46.3 Å². The highest BCUT2D eigenvalue weighted by Crippen LogP contribution is 2.32. The van der Waals surface area contributed by atoms with Gasteiger partial charge in [-0.2, -0.15) is 10.1 Å². The van der Waals surface area contributed by atoms with Crippen molar-refractivity contribution in [1.82, 2.24) is 15.2 Å². The van der Waals surface area contributed by atoms with Gasteiger partial charge in [-0.15, -0.1) is 5.10 Å². The van der Waals surface area contributed by atoms with E-state index in [9.17, 15) is 8.78 Å². The van der Waals surface area contributed by atoms with Gasteiger partial charge in [0.25, 0.3) is 0 Å². The average Bonchev–Trinajstić information content (AvgIpc) is 2.55. The molecular formula is C15H9Cl2F2N5. The van der Waals surface area contributed by atoms with E-state index in [2.05, 4.69) is 25.8 Å². The van der Waals surface area contributed by atoms with E-state index in [0.717, 1.165) is 12.1 Å². The summed E-state index contributed by atoms with van der Waals surface area (Å²) >= 11 is 12.1. The third kappa shape index (κ3) is 3.52. The normalized spacial score (nSPS) is 10.5. The van der Waals surface area contributed by atoms with E-state index in [1.54, 1.807) is 18.2 Å². The lowest BCUT2D eigenvalue weighted by Crippen LogP contribution is -2.05. The van der Waals surface area contributed by atoms with Crippen molar-refractivity contribution in [2.24, 2.45) is 0 Å². The number of rotatable bonds is 4. The first-order chi connectivity index (χ1) is 11.5. The molecule has 3 rings (SSSR count). The van der Waals surface area contributed by atoms with Crippen molar-refractivity contribution in [1.29, 1.82) is 0 Å². The fourth-order valence-electron chi connectivity index (χ4n) is 1.89. The van der Waals surface area contributed by atoms with Crippen molar-refractivity contribution in [2.45, 2.75) is 0 Å². The van der Waals surface area contributed by atoms with E-state index < -0.39 is 11.6 Å². The lowest BCUT2D eigenvalue weighted by Gasteiger charge is -2.10. The maximum atomic E-state index is 13.7. The van der Waals surface area contributed by atoms with Crippen LogP contribution in [-0.4, -0.2) is 15.2 Å². The number of nitrogens with zero attached hydrogens (tertiary/aromatic N) is 3. The van der Waals surface area contributed by atoms with Crippen LogP contribution in [0, 0.1) is 11.6 Å². The lowest BCUT2D eigenvalue weighted by molar-refractivity contribution is 0.590. The van der Waals surface area contributed by atoms with Crippen molar-refractivity contribution in [3.8, 4) is 0 Å². The Balaban J connectivity index is 1.87. The Morgan fingerprint density at radius 2 is 1.46 bits per heavy atom. The summed E-state index contributed by atoms with van der Waals surface area (Å²) in [5.41, 5.74) is 0.0663. The number of anilines is 4. The Morgan fingerprint density at radius 1 is 0.833 bits per heavy atom. The molecule has 122 valence electrons. The molecule has 9 heteroatoms. The molecule has 0 saturated heterocycles. The molecule has 1 aromatic heterocycles. The first-order valence-corrected chi connectivity index (χ1v) is 7.42. The first kappa shape index (κ1) is 16.4. The van der Waals surface area contributed by atoms with Crippen LogP contribution in [0.5, 0.6) is 0 Å². The summed E-state index contributed by atoms with van der Waals surface area (Å²) in [7, 11) is 0. The van der Waals surface area contributed by atoms with E-state index in [-0.39, 0.29) is 17.5 Å². The standard InChI is InChI=1S/C15H9Cl2F2N5/c16-8-3-1-4-9(17)13(8)21-12-7-20-24-15(22-12)23-14-10(18)5-2-6-11(14)19/h1-7H,(H2,21,22,23,24). The minimum absolute atomic E-state index is 0.0906. The summed E-state index contributed by atoms with van der Waals surface area (Å²) in [6, 6.07) is 8.49. The molecule has 0 atom stereocenters. The fraction of sp³-hybridized carbons (Fsp3) is 0.